The van der Waals surface area contributed by atoms with E-state index in [-0.39, 0.29) is 35.6 Å². The minimum absolute atomic E-state index is 0.0277. The predicted octanol–water partition coefficient (Wildman–Crippen LogP) is 4.96. The normalized spacial score (nSPS) is 17.9. The van der Waals surface area contributed by atoms with E-state index < -0.39 is 0 Å². The Hall–Kier alpha value is -4.45. The first-order valence-corrected chi connectivity index (χ1v) is 13.1. The largest absolute Gasteiger partial charge is 0.338 e. The van der Waals surface area contributed by atoms with E-state index in [2.05, 4.69) is 17.4 Å². The highest BCUT2D eigenvalue weighted by atomic mass is 16.2. The third-order valence-electron chi connectivity index (χ3n) is 7.61. The smallest absolute Gasteiger partial charge is 0.274 e. The molecular formula is C32H29N3O3. The van der Waals surface area contributed by atoms with Gasteiger partial charge in [-0.1, -0.05) is 72.8 Å². The maximum Gasteiger partial charge on any atom is 0.274 e. The van der Waals surface area contributed by atoms with Gasteiger partial charge in [0.15, 0.2) is 0 Å². The van der Waals surface area contributed by atoms with Crippen LogP contribution in [0.1, 0.15) is 34.0 Å². The average molecular weight is 504 g/mol. The highest BCUT2D eigenvalue weighted by molar-refractivity contribution is 5.95. The van der Waals surface area contributed by atoms with Crippen molar-refractivity contribution >= 4 is 17.5 Å². The van der Waals surface area contributed by atoms with E-state index in [0.717, 1.165) is 28.8 Å². The van der Waals surface area contributed by atoms with E-state index in [1.54, 1.807) is 10.6 Å². The van der Waals surface area contributed by atoms with E-state index in [9.17, 15) is 14.4 Å². The number of fused-ring (bicyclic) bond motifs is 4. The first kappa shape index (κ1) is 23.9. The van der Waals surface area contributed by atoms with Gasteiger partial charge in [0.25, 0.3) is 11.5 Å². The van der Waals surface area contributed by atoms with Crippen molar-refractivity contribution in [2.45, 2.75) is 25.3 Å². The van der Waals surface area contributed by atoms with Gasteiger partial charge in [0.05, 0.1) is 6.42 Å². The minimum Gasteiger partial charge on any atom is -0.338 e. The summed E-state index contributed by atoms with van der Waals surface area (Å²) in [5, 5.41) is 2.80. The number of pyridine rings is 1. The molecule has 1 saturated heterocycles. The summed E-state index contributed by atoms with van der Waals surface area (Å²) in [5.74, 6) is 0.110. The second-order valence-corrected chi connectivity index (χ2v) is 10.3. The molecule has 3 aromatic carbocycles. The molecule has 1 fully saturated rings. The molecule has 6 rings (SSSR count). The van der Waals surface area contributed by atoms with Gasteiger partial charge in [-0.3, -0.25) is 14.4 Å². The number of hydrogen-bond donors (Lipinski definition) is 1. The van der Waals surface area contributed by atoms with Gasteiger partial charge in [-0.25, -0.2) is 0 Å². The number of likely N-dealkylation sites (tertiary alicyclic amines) is 1. The van der Waals surface area contributed by atoms with Crippen LogP contribution in [0.3, 0.4) is 0 Å². The van der Waals surface area contributed by atoms with Gasteiger partial charge in [-0.05, 0) is 53.3 Å². The molecule has 0 radical (unpaired) electrons. The van der Waals surface area contributed by atoms with Crippen LogP contribution in [0.5, 0.6) is 0 Å². The van der Waals surface area contributed by atoms with Crippen LogP contribution in [0.4, 0.5) is 5.69 Å². The molecule has 2 unspecified atom stereocenters. The molecule has 4 aromatic rings. The monoisotopic (exact) mass is 503 g/mol. The quantitative estimate of drug-likeness (QED) is 0.419. The zero-order chi connectivity index (χ0) is 26.1. The summed E-state index contributed by atoms with van der Waals surface area (Å²) < 4.78 is 1.80. The third-order valence-corrected chi connectivity index (χ3v) is 7.61. The summed E-state index contributed by atoms with van der Waals surface area (Å²) in [6.07, 6.45) is 1.17. The molecule has 0 spiro atoms. The maximum atomic E-state index is 13.4. The topological polar surface area (TPSA) is 71.4 Å². The second-order valence-electron chi connectivity index (χ2n) is 10.3. The van der Waals surface area contributed by atoms with Crippen molar-refractivity contribution in [3.05, 3.63) is 124 Å². The molecule has 2 atom stereocenters. The van der Waals surface area contributed by atoms with Crippen LogP contribution in [0.25, 0.3) is 11.1 Å². The lowest BCUT2D eigenvalue weighted by Crippen LogP contribution is -2.49. The number of carbonyl (C=O) groups excluding carboxylic acids is 2. The lowest BCUT2D eigenvalue weighted by atomic mass is 9.83. The standard InChI is InChI=1S/C32H29N3O3/c36-30(18-22-7-3-1-4-8-22)33-28-15-16-29-27-17-23(20-35(29)32(28)38)19-34(21-27)31(37)26-13-11-25(12-14-26)24-9-5-2-6-10-24/h1-16,23,27H,17-21H2,(H,33,36). The molecule has 0 aliphatic carbocycles. The fourth-order valence-corrected chi connectivity index (χ4v) is 5.80. The van der Waals surface area contributed by atoms with Gasteiger partial charge < -0.3 is 14.8 Å². The Morgan fingerprint density at radius 3 is 2.18 bits per heavy atom. The predicted molar refractivity (Wildman–Crippen MR) is 148 cm³/mol. The zero-order valence-corrected chi connectivity index (χ0v) is 21.0. The number of nitrogens with one attached hydrogen (secondary N) is 1. The summed E-state index contributed by atoms with van der Waals surface area (Å²) in [5.41, 5.74) is 4.85. The van der Waals surface area contributed by atoms with Crippen LogP contribution < -0.4 is 10.9 Å². The molecular weight excluding hydrogens is 474 g/mol. The number of benzene rings is 3. The first-order chi connectivity index (χ1) is 18.5. The number of carbonyl (C=O) groups is 2. The molecule has 2 aliphatic rings. The van der Waals surface area contributed by atoms with Crippen molar-refractivity contribution in [3.8, 4) is 11.1 Å². The van der Waals surface area contributed by atoms with Crippen LogP contribution in [0.15, 0.2) is 102 Å². The lowest BCUT2D eigenvalue weighted by molar-refractivity contribution is -0.115. The van der Waals surface area contributed by atoms with E-state index in [0.29, 0.717) is 30.9 Å². The summed E-state index contributed by atoms with van der Waals surface area (Å²) in [7, 11) is 0. The van der Waals surface area contributed by atoms with Gasteiger partial charge in [0.1, 0.15) is 5.69 Å². The fourth-order valence-electron chi connectivity index (χ4n) is 5.80. The van der Waals surface area contributed by atoms with Gasteiger partial charge >= 0.3 is 0 Å². The number of rotatable bonds is 5. The van der Waals surface area contributed by atoms with Crippen molar-refractivity contribution in [2.75, 3.05) is 18.4 Å². The molecule has 6 heteroatoms. The Morgan fingerprint density at radius 2 is 1.45 bits per heavy atom. The Morgan fingerprint density at radius 1 is 0.763 bits per heavy atom. The Balaban J connectivity index is 1.16. The molecule has 2 aliphatic heterocycles. The molecule has 6 nitrogen and oxygen atoms in total. The third kappa shape index (κ3) is 4.77. The molecule has 190 valence electrons. The highest BCUT2D eigenvalue weighted by Gasteiger charge is 2.37. The summed E-state index contributed by atoms with van der Waals surface area (Å²) >= 11 is 0. The first-order valence-electron chi connectivity index (χ1n) is 13.1. The fraction of sp³-hybridized carbons (Fsp3) is 0.219. The Kier molecular flexibility index (Phi) is 6.38. The molecule has 1 aromatic heterocycles. The van der Waals surface area contributed by atoms with Gasteiger partial charge in [-0.15, -0.1) is 0 Å². The number of nitrogens with zero attached hydrogens (tertiary/aromatic N) is 2. The van der Waals surface area contributed by atoms with Crippen molar-refractivity contribution in [2.24, 2.45) is 5.92 Å². The number of piperidine rings is 1. The van der Waals surface area contributed by atoms with Crippen molar-refractivity contribution in [1.82, 2.24) is 9.47 Å². The number of anilines is 1. The van der Waals surface area contributed by atoms with Crippen LogP contribution in [0, 0.1) is 5.92 Å². The van der Waals surface area contributed by atoms with Crippen LogP contribution >= 0.6 is 0 Å². The molecule has 2 amide bonds. The summed E-state index contributed by atoms with van der Waals surface area (Å²) in [6, 6.07) is 31.0. The lowest BCUT2D eigenvalue weighted by Gasteiger charge is -2.43. The second kappa shape index (κ2) is 10.1. The SMILES string of the molecule is O=C(Cc1ccccc1)Nc1ccc2n(c1=O)CC1CC2CN(C(=O)c2ccc(-c3ccccc3)cc2)C1. The number of aromatic nitrogens is 1. The van der Waals surface area contributed by atoms with Crippen LogP contribution in [-0.2, 0) is 17.8 Å². The summed E-state index contributed by atoms with van der Waals surface area (Å²) in [4.78, 5) is 41.2. The molecule has 0 saturated carbocycles. The van der Waals surface area contributed by atoms with Gasteiger partial charge in [-0.2, -0.15) is 0 Å². The molecule has 2 bridgehead atoms. The average Bonchev–Trinajstić information content (AvgIpc) is 2.95. The van der Waals surface area contributed by atoms with Crippen LogP contribution in [-0.4, -0.2) is 34.4 Å². The van der Waals surface area contributed by atoms with Crippen molar-refractivity contribution in [1.29, 1.82) is 0 Å². The van der Waals surface area contributed by atoms with Gasteiger partial charge in [0, 0.05) is 36.8 Å². The Labute approximate surface area is 221 Å². The number of amides is 2. The zero-order valence-electron chi connectivity index (χ0n) is 21.0. The van der Waals surface area contributed by atoms with Crippen LogP contribution in [0.2, 0.25) is 0 Å². The van der Waals surface area contributed by atoms with E-state index in [4.69, 9.17) is 0 Å². The summed E-state index contributed by atoms with van der Waals surface area (Å²) in [6.45, 7) is 1.74. The Bertz CT molecular complexity index is 1530. The highest BCUT2D eigenvalue weighted by Crippen LogP contribution is 2.36. The number of hydrogen-bond acceptors (Lipinski definition) is 3. The van der Waals surface area contributed by atoms with E-state index in [1.807, 2.05) is 83.8 Å². The van der Waals surface area contributed by atoms with Crippen molar-refractivity contribution < 1.29 is 9.59 Å². The van der Waals surface area contributed by atoms with Gasteiger partial charge in [0.2, 0.25) is 5.91 Å². The minimum atomic E-state index is -0.208. The molecule has 1 N–H and O–H groups in total. The van der Waals surface area contributed by atoms with E-state index in [1.165, 1.54) is 0 Å². The van der Waals surface area contributed by atoms with Crippen molar-refractivity contribution in [3.63, 3.8) is 0 Å². The molecule has 38 heavy (non-hydrogen) atoms. The van der Waals surface area contributed by atoms with E-state index >= 15 is 0 Å². The molecule has 3 heterocycles. The maximum absolute atomic E-state index is 13.4.